The number of nitrogens with zero attached hydrogens (tertiary/aromatic N) is 1. The van der Waals surface area contributed by atoms with Crippen LogP contribution in [0.1, 0.15) is 11.1 Å². The predicted molar refractivity (Wildman–Crippen MR) is 72.7 cm³/mol. The SMILES string of the molecule is CN(C1Cc2ccccc2C1)[C@H](CO)C(N)=O.Cl. The molecule has 0 heterocycles. The highest BCUT2D eigenvalue weighted by Crippen LogP contribution is 2.25. The van der Waals surface area contributed by atoms with Gasteiger partial charge in [0.2, 0.25) is 5.91 Å². The Morgan fingerprint density at radius 3 is 2.33 bits per heavy atom. The molecule has 18 heavy (non-hydrogen) atoms. The van der Waals surface area contributed by atoms with Gasteiger partial charge in [0.1, 0.15) is 6.04 Å². The lowest BCUT2D eigenvalue weighted by Gasteiger charge is -2.29. The second kappa shape index (κ2) is 6.18. The number of hydrogen-bond donors (Lipinski definition) is 2. The molecule has 0 saturated heterocycles. The van der Waals surface area contributed by atoms with Crippen LogP contribution in [0.5, 0.6) is 0 Å². The molecule has 0 unspecified atom stereocenters. The molecule has 3 N–H and O–H groups in total. The van der Waals surface area contributed by atoms with E-state index < -0.39 is 11.9 Å². The van der Waals surface area contributed by atoms with Crippen molar-refractivity contribution < 1.29 is 9.90 Å². The maximum absolute atomic E-state index is 11.2. The molecular formula is C13H19ClN2O2. The topological polar surface area (TPSA) is 66.6 Å². The Kier molecular flexibility index (Phi) is 5.14. The van der Waals surface area contributed by atoms with Crippen LogP contribution in [0.25, 0.3) is 0 Å². The molecule has 1 amide bonds. The first-order valence-electron chi connectivity index (χ1n) is 5.82. The molecule has 100 valence electrons. The molecule has 0 aromatic heterocycles. The van der Waals surface area contributed by atoms with Crippen molar-refractivity contribution in [1.29, 1.82) is 0 Å². The maximum Gasteiger partial charge on any atom is 0.237 e. The van der Waals surface area contributed by atoms with Crippen molar-refractivity contribution in [1.82, 2.24) is 4.90 Å². The van der Waals surface area contributed by atoms with E-state index in [1.54, 1.807) is 0 Å². The van der Waals surface area contributed by atoms with Gasteiger partial charge in [0, 0.05) is 6.04 Å². The highest BCUT2D eigenvalue weighted by Gasteiger charge is 2.30. The number of carbonyl (C=O) groups is 1. The molecule has 0 aliphatic heterocycles. The average molecular weight is 271 g/mol. The minimum atomic E-state index is -0.589. The molecule has 4 nitrogen and oxygen atoms in total. The summed E-state index contributed by atoms with van der Waals surface area (Å²) in [7, 11) is 1.85. The van der Waals surface area contributed by atoms with Crippen LogP contribution in [-0.2, 0) is 17.6 Å². The average Bonchev–Trinajstić information content (AvgIpc) is 2.72. The quantitative estimate of drug-likeness (QED) is 0.830. The van der Waals surface area contributed by atoms with Gasteiger partial charge in [-0.05, 0) is 31.0 Å². The van der Waals surface area contributed by atoms with Gasteiger partial charge < -0.3 is 10.8 Å². The summed E-state index contributed by atoms with van der Waals surface area (Å²) in [6.45, 7) is -0.224. The highest BCUT2D eigenvalue weighted by atomic mass is 35.5. The fraction of sp³-hybridized carbons (Fsp3) is 0.462. The Balaban J connectivity index is 0.00000162. The molecule has 0 bridgehead atoms. The van der Waals surface area contributed by atoms with E-state index in [4.69, 9.17) is 5.73 Å². The Bertz CT molecular complexity index is 400. The van der Waals surface area contributed by atoms with E-state index in [9.17, 15) is 9.90 Å². The lowest BCUT2D eigenvalue weighted by atomic mass is 10.1. The Morgan fingerprint density at radius 1 is 1.44 bits per heavy atom. The second-order valence-electron chi connectivity index (χ2n) is 4.60. The summed E-state index contributed by atoms with van der Waals surface area (Å²) in [6.07, 6.45) is 1.83. The van der Waals surface area contributed by atoms with Gasteiger partial charge in [0.05, 0.1) is 6.61 Å². The molecule has 0 spiro atoms. The summed E-state index contributed by atoms with van der Waals surface area (Å²) >= 11 is 0. The Morgan fingerprint density at radius 2 is 1.94 bits per heavy atom. The van der Waals surface area contributed by atoms with E-state index in [0.29, 0.717) is 0 Å². The molecule has 1 aromatic carbocycles. The number of aliphatic hydroxyl groups excluding tert-OH is 1. The van der Waals surface area contributed by atoms with Crippen LogP contribution in [0, 0.1) is 0 Å². The van der Waals surface area contributed by atoms with E-state index in [-0.39, 0.29) is 25.1 Å². The largest absolute Gasteiger partial charge is 0.394 e. The minimum absolute atomic E-state index is 0. The number of fused-ring (bicyclic) bond motifs is 1. The number of nitrogens with two attached hydrogens (primary N) is 1. The van der Waals surface area contributed by atoms with Crippen molar-refractivity contribution in [3.63, 3.8) is 0 Å². The van der Waals surface area contributed by atoms with Gasteiger partial charge >= 0.3 is 0 Å². The summed E-state index contributed by atoms with van der Waals surface area (Å²) in [5.41, 5.74) is 7.93. The van der Waals surface area contributed by atoms with E-state index in [1.165, 1.54) is 11.1 Å². The Hall–Kier alpha value is -1.10. The molecule has 1 atom stereocenters. The standard InChI is InChI=1S/C13H18N2O2.ClH/c1-15(12(8-16)13(14)17)11-6-9-4-2-3-5-10(9)7-11;/h2-5,11-12,16H,6-8H2,1H3,(H2,14,17);1H/t12-;/m1./s1. The van der Waals surface area contributed by atoms with Crippen molar-refractivity contribution in [2.75, 3.05) is 13.7 Å². The summed E-state index contributed by atoms with van der Waals surface area (Å²) in [6, 6.07) is 7.94. The number of amides is 1. The molecule has 5 heteroatoms. The summed E-state index contributed by atoms with van der Waals surface area (Å²) < 4.78 is 0. The van der Waals surface area contributed by atoms with Crippen molar-refractivity contribution >= 4 is 18.3 Å². The smallest absolute Gasteiger partial charge is 0.237 e. The lowest BCUT2D eigenvalue weighted by Crippen LogP contribution is -2.50. The molecule has 1 aliphatic carbocycles. The third-order valence-corrected chi connectivity index (χ3v) is 3.60. The lowest BCUT2D eigenvalue weighted by molar-refractivity contribution is -0.124. The van der Waals surface area contributed by atoms with Gasteiger partial charge in [-0.1, -0.05) is 24.3 Å². The van der Waals surface area contributed by atoms with Gasteiger partial charge in [0.15, 0.2) is 0 Å². The highest BCUT2D eigenvalue weighted by molar-refractivity contribution is 5.85. The van der Waals surface area contributed by atoms with E-state index in [2.05, 4.69) is 12.1 Å². The van der Waals surface area contributed by atoms with E-state index in [1.807, 2.05) is 24.1 Å². The minimum Gasteiger partial charge on any atom is -0.394 e. The fourth-order valence-electron chi connectivity index (χ4n) is 2.50. The zero-order chi connectivity index (χ0) is 12.4. The van der Waals surface area contributed by atoms with Crippen LogP contribution >= 0.6 is 12.4 Å². The first kappa shape index (κ1) is 15.0. The van der Waals surface area contributed by atoms with Crippen LogP contribution in [0.3, 0.4) is 0 Å². The summed E-state index contributed by atoms with van der Waals surface area (Å²) in [5, 5.41) is 9.20. The third-order valence-electron chi connectivity index (χ3n) is 3.60. The van der Waals surface area contributed by atoms with Gasteiger partial charge in [-0.25, -0.2) is 0 Å². The van der Waals surface area contributed by atoms with Crippen molar-refractivity contribution in [2.24, 2.45) is 5.73 Å². The molecule has 1 aromatic rings. The zero-order valence-corrected chi connectivity index (χ0v) is 11.2. The van der Waals surface area contributed by atoms with Crippen LogP contribution in [-0.4, -0.2) is 41.7 Å². The van der Waals surface area contributed by atoms with Gasteiger partial charge in [-0.2, -0.15) is 0 Å². The number of aliphatic hydroxyl groups is 1. The zero-order valence-electron chi connectivity index (χ0n) is 10.4. The third kappa shape index (κ3) is 2.83. The number of carbonyl (C=O) groups excluding carboxylic acids is 1. The van der Waals surface area contributed by atoms with Crippen molar-refractivity contribution in [3.05, 3.63) is 35.4 Å². The number of benzene rings is 1. The van der Waals surface area contributed by atoms with E-state index in [0.717, 1.165) is 12.8 Å². The number of hydrogen-bond acceptors (Lipinski definition) is 3. The molecule has 0 fully saturated rings. The van der Waals surface area contributed by atoms with Gasteiger partial charge in [-0.3, -0.25) is 9.69 Å². The van der Waals surface area contributed by atoms with Crippen molar-refractivity contribution in [3.8, 4) is 0 Å². The van der Waals surface area contributed by atoms with Gasteiger partial charge in [-0.15, -0.1) is 12.4 Å². The second-order valence-corrected chi connectivity index (χ2v) is 4.60. The maximum atomic E-state index is 11.2. The molecule has 1 aliphatic rings. The summed E-state index contributed by atoms with van der Waals surface area (Å²) in [5.74, 6) is -0.467. The van der Waals surface area contributed by atoms with Crippen LogP contribution in [0.4, 0.5) is 0 Å². The van der Waals surface area contributed by atoms with Gasteiger partial charge in [0.25, 0.3) is 0 Å². The molecule has 2 rings (SSSR count). The first-order chi connectivity index (χ1) is 8.13. The predicted octanol–water partition coefficient (Wildman–Crippen LogP) is 0.354. The van der Waals surface area contributed by atoms with Crippen LogP contribution in [0.15, 0.2) is 24.3 Å². The number of likely N-dealkylation sites (N-methyl/N-ethyl adjacent to an activating group) is 1. The fourth-order valence-corrected chi connectivity index (χ4v) is 2.50. The molecule has 0 radical (unpaired) electrons. The van der Waals surface area contributed by atoms with Crippen molar-refractivity contribution in [2.45, 2.75) is 24.9 Å². The summed E-state index contributed by atoms with van der Waals surface area (Å²) in [4.78, 5) is 13.1. The first-order valence-corrected chi connectivity index (χ1v) is 5.82. The normalized spacial score (nSPS) is 16.2. The van der Waals surface area contributed by atoms with E-state index >= 15 is 0 Å². The molecular weight excluding hydrogens is 252 g/mol. The number of halogens is 1. The molecule has 0 saturated carbocycles. The monoisotopic (exact) mass is 270 g/mol. The van der Waals surface area contributed by atoms with Crippen LogP contribution < -0.4 is 5.73 Å². The van der Waals surface area contributed by atoms with Crippen LogP contribution in [0.2, 0.25) is 0 Å². The number of primary amides is 1. The number of rotatable bonds is 4. The Labute approximate surface area is 113 Å².